The van der Waals surface area contributed by atoms with E-state index >= 15 is 0 Å². The minimum absolute atomic E-state index is 0.0255. The van der Waals surface area contributed by atoms with Crippen molar-refractivity contribution >= 4 is 23.2 Å². The van der Waals surface area contributed by atoms with Gasteiger partial charge in [-0.05, 0) is 19.9 Å². The second-order valence-corrected chi connectivity index (χ2v) is 5.55. The predicted molar refractivity (Wildman–Crippen MR) is 85.1 cm³/mol. The number of hydrogen-bond donors (Lipinski definition) is 1. The molecule has 0 bridgehead atoms. The molecule has 3 heterocycles. The molecule has 9 nitrogen and oxygen atoms in total. The molecule has 0 aliphatic rings. The Morgan fingerprint density at radius 1 is 1.29 bits per heavy atom. The first-order chi connectivity index (χ1) is 11.4. The molecule has 0 saturated carbocycles. The molecule has 0 fully saturated rings. The Morgan fingerprint density at radius 3 is 2.71 bits per heavy atom. The van der Waals surface area contributed by atoms with Crippen molar-refractivity contribution in [3.63, 3.8) is 0 Å². The first-order valence-corrected chi connectivity index (χ1v) is 7.28. The number of hydrogen-bond acceptors (Lipinski definition) is 5. The van der Waals surface area contributed by atoms with Crippen molar-refractivity contribution in [1.82, 2.24) is 24.4 Å². The zero-order valence-corrected chi connectivity index (χ0v) is 13.4. The number of aromatic carboxylic acids is 1. The van der Waals surface area contributed by atoms with Crippen LogP contribution in [0.4, 0.5) is 5.69 Å². The zero-order chi connectivity index (χ0) is 17.4. The van der Waals surface area contributed by atoms with E-state index in [1.54, 1.807) is 29.9 Å². The van der Waals surface area contributed by atoms with E-state index in [1.165, 1.54) is 22.1 Å². The first-order valence-electron chi connectivity index (χ1n) is 7.28. The Labute approximate surface area is 137 Å². The van der Waals surface area contributed by atoms with E-state index in [0.29, 0.717) is 11.3 Å². The van der Waals surface area contributed by atoms with Gasteiger partial charge in [-0.25, -0.2) is 14.3 Å². The average molecular weight is 328 g/mol. The van der Waals surface area contributed by atoms with Crippen molar-refractivity contribution in [2.45, 2.75) is 19.9 Å². The second-order valence-electron chi connectivity index (χ2n) is 5.55. The minimum atomic E-state index is -1.19. The second kappa shape index (κ2) is 5.76. The molecule has 24 heavy (non-hydrogen) atoms. The number of carbonyl (C=O) groups is 2. The maximum Gasteiger partial charge on any atom is 0.339 e. The van der Waals surface area contributed by atoms with E-state index < -0.39 is 11.9 Å². The number of amides is 1. The molecule has 3 rings (SSSR count). The van der Waals surface area contributed by atoms with Crippen molar-refractivity contribution in [1.29, 1.82) is 0 Å². The van der Waals surface area contributed by atoms with Crippen LogP contribution >= 0.6 is 0 Å². The highest BCUT2D eigenvalue weighted by molar-refractivity contribution is 6.11. The van der Waals surface area contributed by atoms with Crippen LogP contribution in [-0.4, -0.2) is 47.4 Å². The van der Waals surface area contributed by atoms with Gasteiger partial charge in [0.15, 0.2) is 5.65 Å². The normalized spacial score (nSPS) is 11.2. The first kappa shape index (κ1) is 15.7. The number of fused-ring (bicyclic) bond motifs is 1. The highest BCUT2D eigenvalue weighted by Gasteiger charge is 2.28. The lowest BCUT2D eigenvalue weighted by atomic mass is 10.1. The monoisotopic (exact) mass is 328 g/mol. The molecule has 0 spiro atoms. The summed E-state index contributed by atoms with van der Waals surface area (Å²) in [5.74, 6) is -1.63. The fourth-order valence-corrected chi connectivity index (χ4v) is 2.57. The van der Waals surface area contributed by atoms with E-state index in [0.717, 1.165) is 0 Å². The van der Waals surface area contributed by atoms with Gasteiger partial charge in [-0.1, -0.05) is 0 Å². The van der Waals surface area contributed by atoms with Crippen LogP contribution in [0.25, 0.3) is 5.65 Å². The SMILES string of the molecule is CC(C)N(C(=O)c1c(C(=O)O)cnn1C)c1ccn2ncnc2c1. The Kier molecular flexibility index (Phi) is 3.76. The Morgan fingerprint density at radius 2 is 2.04 bits per heavy atom. The number of aryl methyl sites for hydroxylation is 1. The van der Waals surface area contributed by atoms with Crippen LogP contribution in [0.1, 0.15) is 34.7 Å². The molecule has 0 aliphatic carbocycles. The molecule has 0 atom stereocenters. The molecule has 0 saturated heterocycles. The molecule has 1 amide bonds. The van der Waals surface area contributed by atoms with Crippen LogP contribution in [0.2, 0.25) is 0 Å². The fraction of sp³-hybridized carbons (Fsp3) is 0.267. The van der Waals surface area contributed by atoms with Gasteiger partial charge in [0.1, 0.15) is 17.6 Å². The summed E-state index contributed by atoms with van der Waals surface area (Å²) in [6, 6.07) is 3.26. The van der Waals surface area contributed by atoms with Crippen molar-refractivity contribution in [3.05, 3.63) is 42.1 Å². The van der Waals surface area contributed by atoms with Crippen molar-refractivity contribution in [3.8, 4) is 0 Å². The molecule has 0 aromatic carbocycles. The summed E-state index contributed by atoms with van der Waals surface area (Å²) in [6.07, 6.45) is 4.29. The maximum absolute atomic E-state index is 13.0. The number of anilines is 1. The highest BCUT2D eigenvalue weighted by atomic mass is 16.4. The number of aromatic nitrogens is 5. The van der Waals surface area contributed by atoms with Gasteiger partial charge in [0, 0.05) is 31.0 Å². The minimum Gasteiger partial charge on any atom is -0.478 e. The number of carboxylic acids is 1. The average Bonchev–Trinajstić information content (AvgIpc) is 3.12. The third kappa shape index (κ3) is 2.49. The third-order valence-corrected chi connectivity index (χ3v) is 3.65. The molecule has 0 unspecified atom stereocenters. The maximum atomic E-state index is 13.0. The molecule has 3 aromatic rings. The summed E-state index contributed by atoms with van der Waals surface area (Å²) < 4.78 is 2.86. The van der Waals surface area contributed by atoms with Gasteiger partial charge in [0.05, 0.1) is 6.20 Å². The summed E-state index contributed by atoms with van der Waals surface area (Å²) >= 11 is 0. The Hall–Kier alpha value is -3.23. The van der Waals surface area contributed by atoms with Gasteiger partial charge in [-0.2, -0.15) is 10.2 Å². The summed E-state index contributed by atoms with van der Waals surface area (Å²) in [4.78, 5) is 30.0. The van der Waals surface area contributed by atoms with Crippen molar-refractivity contribution in [2.24, 2.45) is 7.05 Å². The van der Waals surface area contributed by atoms with Crippen molar-refractivity contribution < 1.29 is 14.7 Å². The van der Waals surface area contributed by atoms with Gasteiger partial charge < -0.3 is 10.0 Å². The molecule has 124 valence electrons. The lowest BCUT2D eigenvalue weighted by molar-refractivity contribution is 0.0691. The molecular formula is C15H16N6O3. The molecule has 0 aliphatic heterocycles. The number of carbonyl (C=O) groups excluding carboxylic acids is 1. The number of carboxylic acid groups (broad SMARTS) is 1. The zero-order valence-electron chi connectivity index (χ0n) is 13.4. The van der Waals surface area contributed by atoms with Crippen LogP contribution in [0.3, 0.4) is 0 Å². The Balaban J connectivity index is 2.10. The van der Waals surface area contributed by atoms with Gasteiger partial charge in [-0.15, -0.1) is 0 Å². The summed E-state index contributed by atoms with van der Waals surface area (Å²) in [5.41, 5.74) is 1.09. The fourth-order valence-electron chi connectivity index (χ4n) is 2.57. The summed E-state index contributed by atoms with van der Waals surface area (Å²) in [6.45, 7) is 3.70. The Bertz CT molecular complexity index is 926. The largest absolute Gasteiger partial charge is 0.478 e. The van der Waals surface area contributed by atoms with Crippen LogP contribution in [0, 0.1) is 0 Å². The van der Waals surface area contributed by atoms with Gasteiger partial charge >= 0.3 is 5.97 Å². The topological polar surface area (TPSA) is 106 Å². The standard InChI is InChI=1S/C15H16N6O3/c1-9(2)21(10-4-5-20-12(6-10)16-8-18-20)14(22)13-11(15(23)24)7-17-19(13)3/h4-9H,1-3H3,(H,23,24). The third-order valence-electron chi connectivity index (χ3n) is 3.65. The number of rotatable bonds is 4. The van der Waals surface area contributed by atoms with Crippen LogP contribution in [-0.2, 0) is 7.05 Å². The van der Waals surface area contributed by atoms with E-state index in [1.807, 2.05) is 13.8 Å². The van der Waals surface area contributed by atoms with Crippen LogP contribution in [0.5, 0.6) is 0 Å². The van der Waals surface area contributed by atoms with Gasteiger partial charge in [-0.3, -0.25) is 9.48 Å². The molecule has 1 N–H and O–H groups in total. The van der Waals surface area contributed by atoms with Crippen LogP contribution in [0.15, 0.2) is 30.9 Å². The van der Waals surface area contributed by atoms with E-state index in [9.17, 15) is 14.7 Å². The number of pyridine rings is 1. The molecular weight excluding hydrogens is 312 g/mol. The predicted octanol–water partition coefficient (Wildman–Crippen LogP) is 1.22. The molecule has 9 heteroatoms. The van der Waals surface area contributed by atoms with Crippen LogP contribution < -0.4 is 4.90 Å². The van der Waals surface area contributed by atoms with E-state index in [-0.39, 0.29) is 17.3 Å². The van der Waals surface area contributed by atoms with Crippen molar-refractivity contribution in [2.75, 3.05) is 4.90 Å². The smallest absolute Gasteiger partial charge is 0.339 e. The quantitative estimate of drug-likeness (QED) is 0.772. The van der Waals surface area contributed by atoms with E-state index in [2.05, 4.69) is 15.2 Å². The molecule has 3 aromatic heterocycles. The number of nitrogens with zero attached hydrogens (tertiary/aromatic N) is 6. The summed E-state index contributed by atoms with van der Waals surface area (Å²) in [7, 11) is 1.54. The summed E-state index contributed by atoms with van der Waals surface area (Å²) in [5, 5.41) is 17.2. The lowest BCUT2D eigenvalue weighted by Gasteiger charge is -2.27. The van der Waals surface area contributed by atoms with E-state index in [4.69, 9.17) is 0 Å². The van der Waals surface area contributed by atoms with Gasteiger partial charge in [0.2, 0.25) is 0 Å². The van der Waals surface area contributed by atoms with Gasteiger partial charge in [0.25, 0.3) is 5.91 Å². The lowest BCUT2D eigenvalue weighted by Crippen LogP contribution is -2.39. The highest BCUT2D eigenvalue weighted by Crippen LogP contribution is 2.22. The molecule has 0 radical (unpaired) electrons.